The summed E-state index contributed by atoms with van der Waals surface area (Å²) in [6, 6.07) is 6.96. The molecule has 1 heterocycles. The number of benzene rings is 1. The molecule has 0 saturated heterocycles. The Balaban J connectivity index is 1.93. The van der Waals surface area contributed by atoms with Crippen LogP contribution in [0.5, 0.6) is 5.75 Å². The highest BCUT2D eigenvalue weighted by atomic mass is 32.1. The van der Waals surface area contributed by atoms with Gasteiger partial charge in [-0.1, -0.05) is 6.07 Å². The summed E-state index contributed by atoms with van der Waals surface area (Å²) >= 11 is 1.57. The van der Waals surface area contributed by atoms with Gasteiger partial charge in [0.1, 0.15) is 12.4 Å². The van der Waals surface area contributed by atoms with Crippen LogP contribution in [-0.4, -0.2) is 40.5 Å². The van der Waals surface area contributed by atoms with E-state index in [9.17, 15) is 9.59 Å². The largest absolute Gasteiger partial charge is 0.487 e. The van der Waals surface area contributed by atoms with Crippen molar-refractivity contribution >= 4 is 23.2 Å². The minimum atomic E-state index is -0.858. The van der Waals surface area contributed by atoms with Gasteiger partial charge >= 0.3 is 5.97 Å². The van der Waals surface area contributed by atoms with E-state index < -0.39 is 5.97 Å². The quantitative estimate of drug-likeness (QED) is 0.793. The summed E-state index contributed by atoms with van der Waals surface area (Å²) in [5.41, 5.74) is 1.37. The van der Waals surface area contributed by atoms with E-state index in [0.717, 1.165) is 10.7 Å². The first-order valence-electron chi connectivity index (χ1n) is 7.57. The fraction of sp³-hybridized carbons (Fsp3) is 0.353. The number of aryl methyl sites for hydroxylation is 1. The molecule has 0 aliphatic rings. The Kier molecular flexibility index (Phi) is 6.31. The standard InChI is InChI=1S/C17H20N2O4S/c1-12-18-14(11-24-12)10-23-15-6-3-5-13(9-15)17(22)19(2)8-4-7-16(20)21/h3,5-6,9,11H,4,7-8,10H2,1-2H3,(H,20,21). The lowest BCUT2D eigenvalue weighted by atomic mass is 10.2. The van der Waals surface area contributed by atoms with Crippen LogP contribution in [0.1, 0.15) is 33.9 Å². The van der Waals surface area contributed by atoms with Gasteiger partial charge in [-0.25, -0.2) is 4.98 Å². The number of ether oxygens (including phenoxy) is 1. The van der Waals surface area contributed by atoms with Crippen LogP contribution in [0.2, 0.25) is 0 Å². The van der Waals surface area contributed by atoms with Crippen LogP contribution in [0.4, 0.5) is 0 Å². The maximum absolute atomic E-state index is 12.4. The lowest BCUT2D eigenvalue weighted by Crippen LogP contribution is -2.28. The topological polar surface area (TPSA) is 79.7 Å². The number of rotatable bonds is 8. The van der Waals surface area contributed by atoms with Gasteiger partial charge in [-0.3, -0.25) is 9.59 Å². The van der Waals surface area contributed by atoms with Crippen molar-refractivity contribution in [2.45, 2.75) is 26.4 Å². The number of carbonyl (C=O) groups excluding carboxylic acids is 1. The molecule has 0 aliphatic carbocycles. The summed E-state index contributed by atoms with van der Waals surface area (Å²) in [5, 5.41) is 11.6. The van der Waals surface area contributed by atoms with Gasteiger partial charge in [-0.15, -0.1) is 11.3 Å². The highest BCUT2D eigenvalue weighted by molar-refractivity contribution is 7.09. The fourth-order valence-corrected chi connectivity index (χ4v) is 2.74. The van der Waals surface area contributed by atoms with E-state index in [1.54, 1.807) is 42.6 Å². The average Bonchev–Trinajstić information content (AvgIpc) is 2.97. The number of hydrogen-bond donors (Lipinski definition) is 1. The minimum absolute atomic E-state index is 0.0494. The van der Waals surface area contributed by atoms with Gasteiger partial charge < -0.3 is 14.7 Å². The average molecular weight is 348 g/mol. The molecule has 128 valence electrons. The second kappa shape index (κ2) is 8.44. The predicted octanol–water partition coefficient (Wildman–Crippen LogP) is 2.97. The lowest BCUT2D eigenvalue weighted by Gasteiger charge is -2.17. The van der Waals surface area contributed by atoms with E-state index in [1.807, 2.05) is 12.3 Å². The highest BCUT2D eigenvalue weighted by Crippen LogP contribution is 2.17. The van der Waals surface area contributed by atoms with Gasteiger partial charge in [0.05, 0.1) is 10.7 Å². The van der Waals surface area contributed by atoms with Crippen LogP contribution < -0.4 is 4.74 Å². The molecule has 0 aliphatic heterocycles. The summed E-state index contributed by atoms with van der Waals surface area (Å²) in [6.07, 6.45) is 0.477. The molecule has 0 saturated carbocycles. The number of thiazole rings is 1. The van der Waals surface area contributed by atoms with E-state index in [4.69, 9.17) is 9.84 Å². The zero-order valence-corrected chi connectivity index (χ0v) is 14.5. The van der Waals surface area contributed by atoms with Gasteiger partial charge in [0.15, 0.2) is 0 Å². The van der Waals surface area contributed by atoms with Crippen molar-refractivity contribution in [3.05, 3.63) is 45.9 Å². The van der Waals surface area contributed by atoms with Gasteiger partial charge in [0, 0.05) is 31.0 Å². The molecule has 24 heavy (non-hydrogen) atoms. The van der Waals surface area contributed by atoms with Crippen LogP contribution in [-0.2, 0) is 11.4 Å². The molecule has 7 heteroatoms. The summed E-state index contributed by atoms with van der Waals surface area (Å²) < 4.78 is 5.68. The molecule has 0 atom stereocenters. The van der Waals surface area contributed by atoms with Crippen molar-refractivity contribution in [2.24, 2.45) is 0 Å². The van der Waals surface area contributed by atoms with E-state index in [0.29, 0.717) is 30.9 Å². The van der Waals surface area contributed by atoms with Crippen molar-refractivity contribution in [2.75, 3.05) is 13.6 Å². The van der Waals surface area contributed by atoms with Crippen molar-refractivity contribution in [3.63, 3.8) is 0 Å². The molecule has 6 nitrogen and oxygen atoms in total. The smallest absolute Gasteiger partial charge is 0.303 e. The number of carbonyl (C=O) groups is 2. The molecular formula is C17H20N2O4S. The number of nitrogens with zero attached hydrogens (tertiary/aromatic N) is 2. The molecule has 0 radical (unpaired) electrons. The first kappa shape index (κ1) is 17.9. The van der Waals surface area contributed by atoms with Gasteiger partial charge in [0.25, 0.3) is 5.91 Å². The molecule has 1 aromatic carbocycles. The van der Waals surface area contributed by atoms with Gasteiger partial charge in [0.2, 0.25) is 0 Å². The van der Waals surface area contributed by atoms with Crippen molar-refractivity contribution < 1.29 is 19.4 Å². The van der Waals surface area contributed by atoms with Crippen LogP contribution in [0.15, 0.2) is 29.6 Å². The Morgan fingerprint density at radius 2 is 2.17 bits per heavy atom. The number of carboxylic acids is 1. The van der Waals surface area contributed by atoms with Crippen molar-refractivity contribution in [3.8, 4) is 5.75 Å². The molecule has 0 bridgehead atoms. The number of aromatic nitrogens is 1. The molecule has 2 rings (SSSR count). The Morgan fingerprint density at radius 3 is 2.83 bits per heavy atom. The summed E-state index contributed by atoms with van der Waals surface area (Å²) in [4.78, 5) is 28.7. The fourth-order valence-electron chi connectivity index (χ4n) is 2.14. The summed E-state index contributed by atoms with van der Waals surface area (Å²) in [5.74, 6) is -0.413. The monoisotopic (exact) mass is 348 g/mol. The maximum Gasteiger partial charge on any atom is 0.303 e. The SMILES string of the molecule is Cc1nc(COc2cccc(C(=O)N(C)CCCC(=O)O)c2)cs1. The molecule has 0 spiro atoms. The number of hydrogen-bond acceptors (Lipinski definition) is 5. The third-order valence-corrected chi connectivity index (χ3v) is 4.19. The Bertz CT molecular complexity index is 714. The zero-order chi connectivity index (χ0) is 17.5. The second-order valence-corrected chi connectivity index (χ2v) is 6.46. The molecule has 1 aromatic heterocycles. The predicted molar refractivity (Wildman–Crippen MR) is 91.5 cm³/mol. The maximum atomic E-state index is 12.4. The van der Waals surface area contributed by atoms with E-state index in [2.05, 4.69) is 4.98 Å². The minimum Gasteiger partial charge on any atom is -0.487 e. The number of aliphatic carboxylic acids is 1. The third-order valence-electron chi connectivity index (χ3n) is 3.37. The normalized spacial score (nSPS) is 10.4. The van der Waals surface area contributed by atoms with Crippen LogP contribution in [0.3, 0.4) is 0 Å². The Hall–Kier alpha value is -2.41. The molecule has 0 fully saturated rings. The second-order valence-electron chi connectivity index (χ2n) is 5.40. The summed E-state index contributed by atoms with van der Waals surface area (Å²) in [6.45, 7) is 2.69. The molecule has 1 amide bonds. The van der Waals surface area contributed by atoms with Crippen molar-refractivity contribution in [1.82, 2.24) is 9.88 Å². The molecule has 1 N–H and O–H groups in total. The van der Waals surface area contributed by atoms with Crippen molar-refractivity contribution in [1.29, 1.82) is 0 Å². The third kappa shape index (κ3) is 5.34. The van der Waals surface area contributed by atoms with E-state index >= 15 is 0 Å². The first-order valence-corrected chi connectivity index (χ1v) is 8.45. The van der Waals surface area contributed by atoms with Crippen LogP contribution >= 0.6 is 11.3 Å². The number of carboxylic acid groups (broad SMARTS) is 1. The Labute approximate surface area is 144 Å². The van der Waals surface area contributed by atoms with Crippen LogP contribution in [0, 0.1) is 6.92 Å². The molecule has 0 unspecified atom stereocenters. The summed E-state index contributed by atoms with van der Waals surface area (Å²) in [7, 11) is 1.66. The van der Waals surface area contributed by atoms with Crippen LogP contribution in [0.25, 0.3) is 0 Å². The number of amides is 1. The van der Waals surface area contributed by atoms with E-state index in [-0.39, 0.29) is 12.3 Å². The Morgan fingerprint density at radius 1 is 1.38 bits per heavy atom. The highest BCUT2D eigenvalue weighted by Gasteiger charge is 2.13. The molecular weight excluding hydrogens is 328 g/mol. The molecule has 2 aromatic rings. The van der Waals surface area contributed by atoms with Gasteiger partial charge in [-0.2, -0.15) is 0 Å². The lowest BCUT2D eigenvalue weighted by molar-refractivity contribution is -0.137. The zero-order valence-electron chi connectivity index (χ0n) is 13.7. The van der Waals surface area contributed by atoms with Gasteiger partial charge in [-0.05, 0) is 31.5 Å². The van der Waals surface area contributed by atoms with E-state index in [1.165, 1.54) is 4.90 Å². The first-order chi connectivity index (χ1) is 11.5.